The van der Waals surface area contributed by atoms with E-state index in [0.29, 0.717) is 25.1 Å². The van der Waals surface area contributed by atoms with Crippen LogP contribution in [0.1, 0.15) is 35.4 Å². The Morgan fingerprint density at radius 3 is 2.56 bits per heavy atom. The molecule has 0 saturated heterocycles. The van der Waals surface area contributed by atoms with Gasteiger partial charge in [0, 0.05) is 24.6 Å². The summed E-state index contributed by atoms with van der Waals surface area (Å²) < 4.78 is 5.07. The van der Waals surface area contributed by atoms with Gasteiger partial charge in [-0.3, -0.25) is 4.79 Å². The number of amides is 2. The van der Waals surface area contributed by atoms with Crippen molar-refractivity contribution in [2.45, 2.75) is 45.7 Å². The summed E-state index contributed by atoms with van der Waals surface area (Å²) in [5.41, 5.74) is 2.63. The van der Waals surface area contributed by atoms with Gasteiger partial charge >= 0.3 is 12.0 Å². The van der Waals surface area contributed by atoms with Crippen molar-refractivity contribution in [1.82, 2.24) is 15.8 Å². The summed E-state index contributed by atoms with van der Waals surface area (Å²) >= 11 is 0. The van der Waals surface area contributed by atoms with E-state index in [1.165, 1.54) is 0 Å². The van der Waals surface area contributed by atoms with Crippen LogP contribution < -0.4 is 10.6 Å². The Labute approximate surface area is 146 Å². The van der Waals surface area contributed by atoms with Gasteiger partial charge in [0.1, 0.15) is 5.76 Å². The first-order chi connectivity index (χ1) is 12.0. The topological polar surface area (TPSA) is 104 Å². The second-order valence-electron chi connectivity index (χ2n) is 5.95. The summed E-state index contributed by atoms with van der Waals surface area (Å²) in [4.78, 5) is 23.0. The van der Waals surface area contributed by atoms with Gasteiger partial charge in [-0.25, -0.2) is 4.79 Å². The zero-order chi connectivity index (χ0) is 18.2. The molecule has 1 aromatic heterocycles. The van der Waals surface area contributed by atoms with E-state index < -0.39 is 5.97 Å². The standard InChI is InChI=1S/C18H23N3O4/c1-12-16(13(2)25-21-12)11-19-18(24)20-15(8-9-17(22)23)10-14-6-4-3-5-7-14/h3-7,15H,8-11H2,1-2H3,(H,22,23)(H2,19,20,24). The van der Waals surface area contributed by atoms with Crippen molar-refractivity contribution in [3.8, 4) is 0 Å². The van der Waals surface area contributed by atoms with Crippen LogP contribution in [-0.2, 0) is 17.8 Å². The highest BCUT2D eigenvalue weighted by molar-refractivity contribution is 5.74. The zero-order valence-electron chi connectivity index (χ0n) is 14.4. The molecule has 0 aliphatic rings. The van der Waals surface area contributed by atoms with Crippen LogP contribution >= 0.6 is 0 Å². The fourth-order valence-electron chi connectivity index (χ4n) is 2.58. The van der Waals surface area contributed by atoms with Gasteiger partial charge in [0.05, 0.1) is 5.69 Å². The maximum atomic E-state index is 12.2. The minimum Gasteiger partial charge on any atom is -0.481 e. The molecule has 1 aromatic carbocycles. The van der Waals surface area contributed by atoms with Crippen molar-refractivity contribution < 1.29 is 19.2 Å². The lowest BCUT2D eigenvalue weighted by molar-refractivity contribution is -0.137. The first-order valence-electron chi connectivity index (χ1n) is 8.17. The van der Waals surface area contributed by atoms with Gasteiger partial charge in [-0.1, -0.05) is 35.5 Å². The molecule has 0 bridgehead atoms. The van der Waals surface area contributed by atoms with Crippen LogP contribution in [0.3, 0.4) is 0 Å². The smallest absolute Gasteiger partial charge is 0.315 e. The first kappa shape index (κ1) is 18.5. The van der Waals surface area contributed by atoms with Crippen LogP contribution in [0.25, 0.3) is 0 Å². The van der Waals surface area contributed by atoms with Crippen molar-refractivity contribution in [2.24, 2.45) is 0 Å². The van der Waals surface area contributed by atoms with E-state index in [-0.39, 0.29) is 18.5 Å². The van der Waals surface area contributed by atoms with E-state index in [2.05, 4.69) is 15.8 Å². The van der Waals surface area contributed by atoms with Crippen LogP contribution in [0, 0.1) is 13.8 Å². The third kappa shape index (κ3) is 5.95. The van der Waals surface area contributed by atoms with Gasteiger partial charge < -0.3 is 20.3 Å². The lowest BCUT2D eigenvalue weighted by Gasteiger charge is -2.18. The Hall–Kier alpha value is -2.83. The molecule has 2 amide bonds. The fraction of sp³-hybridized carbons (Fsp3) is 0.389. The van der Waals surface area contributed by atoms with Crippen LogP contribution in [0.15, 0.2) is 34.9 Å². The Balaban J connectivity index is 1.92. The highest BCUT2D eigenvalue weighted by Crippen LogP contribution is 2.12. The number of aliphatic carboxylic acids is 1. The molecule has 0 aliphatic carbocycles. The molecule has 25 heavy (non-hydrogen) atoms. The van der Waals surface area contributed by atoms with Crippen molar-refractivity contribution in [1.29, 1.82) is 0 Å². The molecule has 134 valence electrons. The molecular formula is C18H23N3O4. The van der Waals surface area contributed by atoms with Crippen molar-refractivity contribution in [2.75, 3.05) is 0 Å². The number of aromatic nitrogens is 1. The molecule has 0 saturated carbocycles. The molecule has 2 rings (SSSR count). The minimum absolute atomic E-state index is 0.00163. The van der Waals surface area contributed by atoms with Crippen molar-refractivity contribution in [3.05, 3.63) is 52.9 Å². The number of benzene rings is 1. The van der Waals surface area contributed by atoms with Gasteiger partial charge in [0.15, 0.2) is 0 Å². The number of nitrogens with one attached hydrogen (secondary N) is 2. The molecule has 1 unspecified atom stereocenters. The fourth-order valence-corrected chi connectivity index (χ4v) is 2.58. The molecule has 7 heteroatoms. The SMILES string of the molecule is Cc1noc(C)c1CNC(=O)NC(CCC(=O)O)Cc1ccccc1. The summed E-state index contributed by atoms with van der Waals surface area (Å²) in [6.07, 6.45) is 0.942. The van der Waals surface area contributed by atoms with E-state index in [0.717, 1.165) is 16.8 Å². The number of carbonyl (C=O) groups is 2. The maximum Gasteiger partial charge on any atom is 0.315 e. The summed E-state index contributed by atoms with van der Waals surface area (Å²) in [6.45, 7) is 3.92. The predicted octanol–water partition coefficient (Wildman–Crippen LogP) is 2.57. The lowest BCUT2D eigenvalue weighted by atomic mass is 10.0. The maximum absolute atomic E-state index is 12.2. The number of rotatable bonds is 8. The molecule has 0 spiro atoms. The molecule has 2 aromatic rings. The van der Waals surface area contributed by atoms with E-state index in [4.69, 9.17) is 9.63 Å². The number of urea groups is 1. The Morgan fingerprint density at radius 1 is 1.24 bits per heavy atom. The van der Waals surface area contributed by atoms with E-state index in [1.54, 1.807) is 6.92 Å². The molecule has 0 aliphatic heterocycles. The number of nitrogens with zero attached hydrogens (tertiary/aromatic N) is 1. The molecule has 7 nitrogen and oxygen atoms in total. The summed E-state index contributed by atoms with van der Waals surface area (Å²) in [6, 6.07) is 9.06. The van der Waals surface area contributed by atoms with Crippen LogP contribution in [0.2, 0.25) is 0 Å². The van der Waals surface area contributed by atoms with Crippen LogP contribution in [0.5, 0.6) is 0 Å². The third-order valence-electron chi connectivity index (χ3n) is 3.97. The molecule has 3 N–H and O–H groups in total. The molecule has 0 radical (unpaired) electrons. The number of carboxylic acids is 1. The summed E-state index contributed by atoms with van der Waals surface area (Å²) in [7, 11) is 0. The monoisotopic (exact) mass is 345 g/mol. The minimum atomic E-state index is -0.879. The predicted molar refractivity (Wildman–Crippen MR) is 92.2 cm³/mol. The van der Waals surface area contributed by atoms with Crippen molar-refractivity contribution >= 4 is 12.0 Å². The number of carboxylic acid groups (broad SMARTS) is 1. The van der Waals surface area contributed by atoms with Crippen molar-refractivity contribution in [3.63, 3.8) is 0 Å². The first-order valence-corrected chi connectivity index (χ1v) is 8.17. The Morgan fingerprint density at radius 2 is 1.96 bits per heavy atom. The van der Waals surface area contributed by atoms with Gasteiger partial charge in [0.2, 0.25) is 0 Å². The van der Waals surface area contributed by atoms with Gasteiger partial charge in [-0.15, -0.1) is 0 Å². The highest BCUT2D eigenvalue weighted by atomic mass is 16.5. The average molecular weight is 345 g/mol. The van der Waals surface area contributed by atoms with Gasteiger partial charge in [0.25, 0.3) is 0 Å². The zero-order valence-corrected chi connectivity index (χ0v) is 14.4. The largest absolute Gasteiger partial charge is 0.481 e. The van der Waals surface area contributed by atoms with E-state index >= 15 is 0 Å². The van der Waals surface area contributed by atoms with Crippen LogP contribution in [0.4, 0.5) is 4.79 Å². The van der Waals surface area contributed by atoms with Gasteiger partial charge in [-0.2, -0.15) is 0 Å². The summed E-state index contributed by atoms with van der Waals surface area (Å²) in [5.74, 6) is -0.208. The second kappa shape index (κ2) is 8.86. The molecule has 0 fully saturated rings. The molecule has 1 atom stereocenters. The van der Waals surface area contributed by atoms with Crippen LogP contribution in [-0.4, -0.2) is 28.3 Å². The number of aryl methyl sites for hydroxylation is 2. The van der Waals surface area contributed by atoms with E-state index in [1.807, 2.05) is 37.3 Å². The second-order valence-corrected chi connectivity index (χ2v) is 5.95. The lowest BCUT2D eigenvalue weighted by Crippen LogP contribution is -2.43. The van der Waals surface area contributed by atoms with E-state index in [9.17, 15) is 9.59 Å². The van der Waals surface area contributed by atoms with Gasteiger partial charge in [-0.05, 0) is 32.3 Å². The Bertz CT molecular complexity index is 693. The molecular weight excluding hydrogens is 322 g/mol. The molecule has 1 heterocycles. The number of carbonyl (C=O) groups excluding carboxylic acids is 1. The number of hydrogen-bond donors (Lipinski definition) is 3. The quantitative estimate of drug-likeness (QED) is 0.682. The normalized spacial score (nSPS) is 11.8. The highest BCUT2D eigenvalue weighted by Gasteiger charge is 2.16. The third-order valence-corrected chi connectivity index (χ3v) is 3.97. The number of hydrogen-bond acceptors (Lipinski definition) is 4. The average Bonchev–Trinajstić information content (AvgIpc) is 2.90. The summed E-state index contributed by atoms with van der Waals surface area (Å²) in [5, 5.41) is 18.4. The Kier molecular flexibility index (Phi) is 6.56.